The minimum Gasteiger partial charge on any atom is -0.396 e. The van der Waals surface area contributed by atoms with Gasteiger partial charge in [0, 0.05) is 19.0 Å². The topological polar surface area (TPSA) is 78.6 Å². The maximum absolute atomic E-state index is 12.8. The molecule has 0 saturated carbocycles. The SMILES string of the molecule is CCc1c(C(=O)N(C)CC(C)(CO)CO)cnn1-c1ccccc1. The number of rotatable bonds is 7. The second-order valence-corrected chi connectivity index (χ2v) is 6.39. The van der Waals surface area contributed by atoms with Gasteiger partial charge in [0.1, 0.15) is 0 Å². The van der Waals surface area contributed by atoms with Gasteiger partial charge in [-0.05, 0) is 18.6 Å². The van der Waals surface area contributed by atoms with Crippen LogP contribution in [0.2, 0.25) is 0 Å². The average molecular weight is 331 g/mol. The highest BCUT2D eigenvalue weighted by molar-refractivity contribution is 5.95. The van der Waals surface area contributed by atoms with Crippen molar-refractivity contribution in [2.75, 3.05) is 26.8 Å². The molecule has 0 saturated heterocycles. The van der Waals surface area contributed by atoms with E-state index in [2.05, 4.69) is 5.10 Å². The van der Waals surface area contributed by atoms with E-state index < -0.39 is 5.41 Å². The molecule has 6 nitrogen and oxygen atoms in total. The number of aliphatic hydroxyl groups is 2. The Kier molecular flexibility index (Phi) is 5.75. The maximum atomic E-state index is 12.8. The van der Waals surface area contributed by atoms with Crippen LogP contribution in [0.5, 0.6) is 0 Å². The summed E-state index contributed by atoms with van der Waals surface area (Å²) in [6.45, 7) is 3.61. The van der Waals surface area contributed by atoms with Crippen molar-refractivity contribution in [2.45, 2.75) is 20.3 Å². The fraction of sp³-hybridized carbons (Fsp3) is 0.444. The smallest absolute Gasteiger partial charge is 0.257 e. The summed E-state index contributed by atoms with van der Waals surface area (Å²) in [6.07, 6.45) is 2.25. The van der Waals surface area contributed by atoms with Crippen molar-refractivity contribution in [3.05, 3.63) is 47.8 Å². The number of carbonyl (C=O) groups is 1. The van der Waals surface area contributed by atoms with Crippen LogP contribution in [0, 0.1) is 5.41 Å². The van der Waals surface area contributed by atoms with Crippen LogP contribution in [0.1, 0.15) is 29.9 Å². The van der Waals surface area contributed by atoms with E-state index in [1.165, 1.54) is 4.90 Å². The van der Waals surface area contributed by atoms with E-state index in [1.807, 2.05) is 37.3 Å². The van der Waals surface area contributed by atoms with Crippen LogP contribution >= 0.6 is 0 Å². The summed E-state index contributed by atoms with van der Waals surface area (Å²) < 4.78 is 1.78. The standard InChI is InChI=1S/C18H25N3O3/c1-4-16-15(10-19-21(16)14-8-6-5-7-9-14)17(24)20(3)11-18(2,12-22)13-23/h5-10,22-23H,4,11-13H2,1-3H3. The first kappa shape index (κ1) is 18.2. The first-order valence-corrected chi connectivity index (χ1v) is 8.05. The minimum atomic E-state index is -0.730. The van der Waals surface area contributed by atoms with E-state index >= 15 is 0 Å². The Bertz CT molecular complexity index is 678. The Morgan fingerprint density at radius 3 is 2.42 bits per heavy atom. The van der Waals surface area contributed by atoms with Gasteiger partial charge in [-0.25, -0.2) is 4.68 Å². The molecule has 1 aromatic heterocycles. The monoisotopic (exact) mass is 331 g/mol. The van der Waals surface area contributed by atoms with Crippen LogP contribution in [0.25, 0.3) is 5.69 Å². The number of amides is 1. The van der Waals surface area contributed by atoms with Crippen molar-refractivity contribution in [3.8, 4) is 5.69 Å². The minimum absolute atomic E-state index is 0.165. The quantitative estimate of drug-likeness (QED) is 0.806. The van der Waals surface area contributed by atoms with Crippen LogP contribution in [-0.2, 0) is 6.42 Å². The van der Waals surface area contributed by atoms with Crippen LogP contribution in [0.3, 0.4) is 0 Å². The van der Waals surface area contributed by atoms with Crippen molar-refractivity contribution < 1.29 is 15.0 Å². The van der Waals surface area contributed by atoms with Crippen molar-refractivity contribution in [1.29, 1.82) is 0 Å². The van der Waals surface area contributed by atoms with Gasteiger partial charge in [0.2, 0.25) is 0 Å². The van der Waals surface area contributed by atoms with Crippen molar-refractivity contribution in [3.63, 3.8) is 0 Å². The summed E-state index contributed by atoms with van der Waals surface area (Å²) in [6, 6.07) is 9.68. The Morgan fingerprint density at radius 2 is 1.88 bits per heavy atom. The fourth-order valence-corrected chi connectivity index (χ4v) is 2.68. The summed E-state index contributed by atoms with van der Waals surface area (Å²) in [7, 11) is 1.67. The normalized spacial score (nSPS) is 11.5. The zero-order chi connectivity index (χ0) is 17.7. The molecular weight excluding hydrogens is 306 g/mol. The van der Waals surface area contributed by atoms with Gasteiger partial charge in [0.05, 0.1) is 36.4 Å². The molecule has 0 unspecified atom stereocenters. The van der Waals surface area contributed by atoms with E-state index in [0.29, 0.717) is 12.0 Å². The zero-order valence-corrected chi connectivity index (χ0v) is 14.4. The Labute approximate surface area is 142 Å². The molecule has 6 heteroatoms. The van der Waals surface area contributed by atoms with Gasteiger partial charge in [-0.15, -0.1) is 0 Å². The largest absolute Gasteiger partial charge is 0.396 e. The first-order chi connectivity index (χ1) is 11.5. The molecule has 1 aromatic carbocycles. The molecule has 0 aliphatic heterocycles. The number of hydrogen-bond acceptors (Lipinski definition) is 4. The highest BCUT2D eigenvalue weighted by atomic mass is 16.3. The molecule has 0 aliphatic rings. The number of aromatic nitrogens is 2. The number of aliphatic hydroxyl groups excluding tert-OH is 2. The zero-order valence-electron chi connectivity index (χ0n) is 14.4. The van der Waals surface area contributed by atoms with Gasteiger partial charge in [-0.2, -0.15) is 5.10 Å². The number of nitrogens with zero attached hydrogens (tertiary/aromatic N) is 3. The summed E-state index contributed by atoms with van der Waals surface area (Å²) in [4.78, 5) is 14.3. The lowest BCUT2D eigenvalue weighted by Crippen LogP contribution is -2.41. The Hall–Kier alpha value is -2.18. The fourth-order valence-electron chi connectivity index (χ4n) is 2.68. The van der Waals surface area contributed by atoms with Crippen molar-refractivity contribution >= 4 is 5.91 Å². The first-order valence-electron chi connectivity index (χ1n) is 8.05. The summed E-state index contributed by atoms with van der Waals surface area (Å²) >= 11 is 0. The Balaban J connectivity index is 2.29. The van der Waals surface area contributed by atoms with Crippen LogP contribution < -0.4 is 0 Å². The summed E-state index contributed by atoms with van der Waals surface area (Å²) in [5.41, 5.74) is 1.56. The maximum Gasteiger partial charge on any atom is 0.257 e. The predicted molar refractivity (Wildman–Crippen MR) is 92.2 cm³/mol. The molecule has 0 atom stereocenters. The van der Waals surface area contributed by atoms with E-state index in [1.54, 1.807) is 24.9 Å². The lowest BCUT2D eigenvalue weighted by atomic mass is 9.92. The van der Waals surface area contributed by atoms with Crippen molar-refractivity contribution in [1.82, 2.24) is 14.7 Å². The van der Waals surface area contributed by atoms with Gasteiger partial charge in [0.25, 0.3) is 5.91 Å². The third-order valence-corrected chi connectivity index (χ3v) is 4.16. The third-order valence-electron chi connectivity index (χ3n) is 4.16. The van der Waals surface area contributed by atoms with Gasteiger partial charge in [-0.1, -0.05) is 32.0 Å². The van der Waals surface area contributed by atoms with Crippen LogP contribution in [0.15, 0.2) is 36.5 Å². The molecule has 0 aliphatic carbocycles. The highest BCUT2D eigenvalue weighted by Crippen LogP contribution is 2.20. The second kappa shape index (κ2) is 7.59. The van der Waals surface area contributed by atoms with Gasteiger partial charge in [0.15, 0.2) is 0 Å². The summed E-state index contributed by atoms with van der Waals surface area (Å²) in [5.74, 6) is -0.165. The third kappa shape index (κ3) is 3.66. The Morgan fingerprint density at radius 1 is 1.25 bits per heavy atom. The van der Waals surface area contributed by atoms with E-state index in [-0.39, 0.29) is 25.7 Å². The number of hydrogen-bond donors (Lipinski definition) is 2. The van der Waals surface area contributed by atoms with Crippen LogP contribution in [0.4, 0.5) is 0 Å². The lowest BCUT2D eigenvalue weighted by Gasteiger charge is -2.30. The molecule has 0 bridgehead atoms. The molecule has 24 heavy (non-hydrogen) atoms. The molecule has 1 heterocycles. The van der Waals surface area contributed by atoms with E-state index in [9.17, 15) is 15.0 Å². The van der Waals surface area contributed by atoms with Gasteiger partial charge in [-0.3, -0.25) is 4.79 Å². The van der Waals surface area contributed by atoms with Crippen LogP contribution in [-0.4, -0.2) is 57.6 Å². The average Bonchev–Trinajstić information content (AvgIpc) is 3.05. The molecule has 0 radical (unpaired) electrons. The molecule has 0 spiro atoms. The number of carbonyl (C=O) groups excluding carboxylic acids is 1. The molecule has 2 aromatic rings. The lowest BCUT2D eigenvalue weighted by molar-refractivity contribution is 0.0366. The van der Waals surface area contributed by atoms with Gasteiger partial charge < -0.3 is 15.1 Å². The molecule has 130 valence electrons. The number of para-hydroxylation sites is 1. The molecular formula is C18H25N3O3. The molecule has 2 N–H and O–H groups in total. The van der Waals surface area contributed by atoms with E-state index in [4.69, 9.17) is 0 Å². The van der Waals surface area contributed by atoms with E-state index in [0.717, 1.165) is 11.4 Å². The molecule has 1 amide bonds. The van der Waals surface area contributed by atoms with Crippen molar-refractivity contribution in [2.24, 2.45) is 5.41 Å². The predicted octanol–water partition coefficient (Wildman–Crippen LogP) is 1.50. The second-order valence-electron chi connectivity index (χ2n) is 6.39. The molecule has 0 fully saturated rings. The molecule has 2 rings (SSSR count). The van der Waals surface area contributed by atoms with Gasteiger partial charge >= 0.3 is 0 Å². The summed E-state index contributed by atoms with van der Waals surface area (Å²) in [5, 5.41) is 23.2. The number of benzene rings is 1. The highest BCUT2D eigenvalue weighted by Gasteiger charge is 2.28.